The first kappa shape index (κ1) is 16.4. The van der Waals surface area contributed by atoms with E-state index in [1.54, 1.807) is 17.8 Å². The van der Waals surface area contributed by atoms with Crippen molar-refractivity contribution in [1.82, 2.24) is 5.32 Å². The van der Waals surface area contributed by atoms with E-state index in [9.17, 15) is 4.79 Å². The molecule has 0 bridgehead atoms. The van der Waals surface area contributed by atoms with Gasteiger partial charge in [0.1, 0.15) is 4.88 Å². The zero-order valence-electron chi connectivity index (χ0n) is 11.4. The third kappa shape index (κ3) is 4.03. The van der Waals surface area contributed by atoms with E-state index in [0.29, 0.717) is 22.1 Å². The second kappa shape index (κ2) is 7.89. The van der Waals surface area contributed by atoms with Gasteiger partial charge in [-0.2, -0.15) is 11.8 Å². The Morgan fingerprint density at radius 2 is 2.24 bits per heavy atom. The topological polar surface area (TPSA) is 75.4 Å². The van der Waals surface area contributed by atoms with Crippen molar-refractivity contribution in [2.75, 3.05) is 30.4 Å². The molecule has 0 aliphatic rings. The highest BCUT2D eigenvalue weighted by molar-refractivity contribution is 7.99. The Morgan fingerprint density at radius 1 is 1.43 bits per heavy atom. The van der Waals surface area contributed by atoms with Crippen molar-refractivity contribution in [3.05, 3.63) is 28.1 Å². The molecule has 1 amide bonds. The highest BCUT2D eigenvalue weighted by Crippen LogP contribution is 2.37. The Hall–Kier alpha value is -0.950. The van der Waals surface area contributed by atoms with Crippen molar-refractivity contribution >= 4 is 56.4 Å². The summed E-state index contributed by atoms with van der Waals surface area (Å²) in [6.07, 6.45) is 0.778. The molecule has 0 aliphatic heterocycles. The molecule has 21 heavy (non-hydrogen) atoms. The first-order chi connectivity index (χ1) is 10.1. The molecule has 1 aromatic heterocycles. The SMILES string of the molecule is Nc1c(C(=O)NCCSCCCO)sc2cccc(Cl)c12. The van der Waals surface area contributed by atoms with E-state index in [4.69, 9.17) is 22.4 Å². The lowest BCUT2D eigenvalue weighted by atomic mass is 10.2. The van der Waals surface area contributed by atoms with Gasteiger partial charge in [-0.25, -0.2) is 0 Å². The van der Waals surface area contributed by atoms with Gasteiger partial charge in [0, 0.05) is 29.0 Å². The molecule has 0 fully saturated rings. The van der Waals surface area contributed by atoms with Crippen LogP contribution in [0.1, 0.15) is 16.1 Å². The zero-order valence-corrected chi connectivity index (χ0v) is 13.8. The molecule has 1 heterocycles. The van der Waals surface area contributed by atoms with Crippen LogP contribution in [0.25, 0.3) is 10.1 Å². The van der Waals surface area contributed by atoms with Gasteiger partial charge in [-0.3, -0.25) is 4.79 Å². The van der Waals surface area contributed by atoms with Gasteiger partial charge < -0.3 is 16.2 Å². The predicted octanol–water partition coefficient (Wildman–Crippen LogP) is 2.98. The fourth-order valence-electron chi connectivity index (χ4n) is 1.88. The largest absolute Gasteiger partial charge is 0.397 e. The van der Waals surface area contributed by atoms with E-state index in [2.05, 4.69) is 5.32 Å². The van der Waals surface area contributed by atoms with Crippen LogP contribution in [0.3, 0.4) is 0 Å². The van der Waals surface area contributed by atoms with Crippen molar-refractivity contribution in [2.24, 2.45) is 0 Å². The molecule has 4 N–H and O–H groups in total. The minimum absolute atomic E-state index is 0.160. The van der Waals surface area contributed by atoms with Crippen LogP contribution in [0.2, 0.25) is 5.02 Å². The summed E-state index contributed by atoms with van der Waals surface area (Å²) in [6.45, 7) is 0.786. The van der Waals surface area contributed by atoms with E-state index in [1.165, 1.54) is 11.3 Å². The zero-order chi connectivity index (χ0) is 15.2. The number of nitrogens with two attached hydrogens (primary N) is 1. The lowest BCUT2D eigenvalue weighted by Crippen LogP contribution is -2.25. The number of benzene rings is 1. The average molecular weight is 345 g/mol. The smallest absolute Gasteiger partial charge is 0.263 e. The summed E-state index contributed by atoms with van der Waals surface area (Å²) in [5.74, 6) is 1.55. The lowest BCUT2D eigenvalue weighted by molar-refractivity contribution is 0.0961. The normalized spacial score (nSPS) is 11.0. The molecule has 4 nitrogen and oxygen atoms in total. The molecular weight excluding hydrogens is 328 g/mol. The summed E-state index contributed by atoms with van der Waals surface area (Å²) in [5.41, 5.74) is 6.49. The second-order valence-electron chi connectivity index (χ2n) is 4.40. The lowest BCUT2D eigenvalue weighted by Gasteiger charge is -2.04. The van der Waals surface area contributed by atoms with Crippen molar-refractivity contribution in [3.63, 3.8) is 0 Å². The van der Waals surface area contributed by atoms with Crippen molar-refractivity contribution in [1.29, 1.82) is 0 Å². The van der Waals surface area contributed by atoms with Gasteiger partial charge in [-0.05, 0) is 24.3 Å². The molecule has 0 aliphatic carbocycles. The molecule has 0 spiro atoms. The first-order valence-electron chi connectivity index (χ1n) is 6.58. The summed E-state index contributed by atoms with van der Waals surface area (Å²) >= 11 is 9.19. The molecule has 0 saturated heterocycles. The number of fused-ring (bicyclic) bond motifs is 1. The van der Waals surface area contributed by atoms with Gasteiger partial charge in [-0.15, -0.1) is 11.3 Å². The molecule has 0 saturated carbocycles. The maximum atomic E-state index is 12.2. The van der Waals surface area contributed by atoms with Gasteiger partial charge >= 0.3 is 0 Å². The number of amides is 1. The van der Waals surface area contributed by atoms with Crippen LogP contribution in [-0.4, -0.2) is 35.7 Å². The van der Waals surface area contributed by atoms with Gasteiger partial charge in [0.25, 0.3) is 5.91 Å². The van der Waals surface area contributed by atoms with Crippen LogP contribution in [0.5, 0.6) is 0 Å². The summed E-state index contributed by atoms with van der Waals surface area (Å²) in [4.78, 5) is 12.7. The maximum Gasteiger partial charge on any atom is 0.263 e. The molecular formula is C14H17ClN2O2S2. The standard InChI is InChI=1S/C14H17ClN2O2S2/c15-9-3-1-4-10-11(9)12(16)13(21-10)14(19)17-5-8-20-7-2-6-18/h1,3-4,18H,2,5-8,16H2,(H,17,19). The highest BCUT2D eigenvalue weighted by Gasteiger charge is 2.17. The van der Waals surface area contributed by atoms with Gasteiger partial charge in [0.2, 0.25) is 0 Å². The molecule has 1 aromatic carbocycles. The molecule has 0 unspecified atom stereocenters. The molecule has 0 atom stereocenters. The Labute approximate surface area is 136 Å². The van der Waals surface area contributed by atoms with Crippen LogP contribution >= 0.6 is 34.7 Å². The third-order valence-corrected chi connectivity index (χ3v) is 5.44. The molecule has 114 valence electrons. The Morgan fingerprint density at radius 3 is 2.95 bits per heavy atom. The van der Waals surface area contributed by atoms with Gasteiger partial charge in [-0.1, -0.05) is 17.7 Å². The summed E-state index contributed by atoms with van der Waals surface area (Å²) in [5, 5.41) is 12.9. The van der Waals surface area contributed by atoms with Crippen molar-refractivity contribution in [2.45, 2.75) is 6.42 Å². The molecule has 2 aromatic rings. The number of carbonyl (C=O) groups is 1. The molecule has 7 heteroatoms. The number of halogens is 1. The number of nitrogen functional groups attached to an aromatic ring is 1. The van der Waals surface area contributed by atoms with E-state index in [1.807, 2.05) is 12.1 Å². The number of nitrogens with one attached hydrogen (secondary N) is 1. The fourth-order valence-corrected chi connectivity index (χ4v) is 4.07. The predicted molar refractivity (Wildman–Crippen MR) is 92.6 cm³/mol. The highest BCUT2D eigenvalue weighted by atomic mass is 35.5. The number of thiophene rings is 1. The van der Waals surface area contributed by atoms with Crippen molar-refractivity contribution in [3.8, 4) is 0 Å². The average Bonchev–Trinajstić information content (AvgIpc) is 2.81. The fraction of sp³-hybridized carbons (Fsp3) is 0.357. The minimum atomic E-state index is -0.160. The number of hydrogen-bond acceptors (Lipinski definition) is 5. The Balaban J connectivity index is 1.97. The van der Waals surface area contributed by atoms with E-state index in [-0.39, 0.29) is 12.5 Å². The molecule has 0 radical (unpaired) electrons. The van der Waals surface area contributed by atoms with E-state index < -0.39 is 0 Å². The summed E-state index contributed by atoms with van der Waals surface area (Å²) in [6, 6.07) is 5.52. The first-order valence-corrected chi connectivity index (χ1v) is 8.93. The second-order valence-corrected chi connectivity index (χ2v) is 7.09. The van der Waals surface area contributed by atoms with Crippen LogP contribution < -0.4 is 11.1 Å². The number of anilines is 1. The van der Waals surface area contributed by atoms with Crippen LogP contribution in [0.4, 0.5) is 5.69 Å². The summed E-state index contributed by atoms with van der Waals surface area (Å²) in [7, 11) is 0. The summed E-state index contributed by atoms with van der Waals surface area (Å²) < 4.78 is 0.919. The minimum Gasteiger partial charge on any atom is -0.397 e. The van der Waals surface area contributed by atoms with E-state index in [0.717, 1.165) is 28.0 Å². The number of thioether (sulfide) groups is 1. The van der Waals surface area contributed by atoms with Gasteiger partial charge in [0.05, 0.1) is 10.7 Å². The van der Waals surface area contributed by atoms with Crippen LogP contribution in [0, 0.1) is 0 Å². The van der Waals surface area contributed by atoms with Crippen LogP contribution in [-0.2, 0) is 0 Å². The van der Waals surface area contributed by atoms with Crippen LogP contribution in [0.15, 0.2) is 18.2 Å². The number of carbonyl (C=O) groups excluding carboxylic acids is 1. The Bertz CT molecular complexity index is 631. The number of aliphatic hydroxyl groups is 1. The van der Waals surface area contributed by atoms with Crippen molar-refractivity contribution < 1.29 is 9.90 Å². The maximum absolute atomic E-state index is 12.2. The molecule has 2 rings (SSSR count). The number of aliphatic hydroxyl groups excluding tert-OH is 1. The monoisotopic (exact) mass is 344 g/mol. The Kier molecular flexibility index (Phi) is 6.17. The third-order valence-electron chi connectivity index (χ3n) is 2.89. The number of rotatable bonds is 7. The van der Waals surface area contributed by atoms with E-state index >= 15 is 0 Å². The van der Waals surface area contributed by atoms with Gasteiger partial charge in [0.15, 0.2) is 0 Å². The quantitative estimate of drug-likeness (QED) is 0.675. The number of hydrogen-bond donors (Lipinski definition) is 3.